The maximum Gasteiger partial charge on any atom is 0.150 e. The van der Waals surface area contributed by atoms with E-state index >= 15 is 0 Å². The third-order valence-corrected chi connectivity index (χ3v) is 8.99. The van der Waals surface area contributed by atoms with Crippen LogP contribution in [0.4, 0.5) is 0 Å². The van der Waals surface area contributed by atoms with Gasteiger partial charge in [0.15, 0.2) is 0 Å². The van der Waals surface area contributed by atoms with Gasteiger partial charge in [-0.2, -0.15) is 0 Å². The molecule has 0 amide bonds. The zero-order chi connectivity index (χ0) is 16.8. The minimum absolute atomic E-state index is 0.144. The minimum Gasteiger partial charge on any atom is -0.306 e. The summed E-state index contributed by atoms with van der Waals surface area (Å²) in [6.07, 6.45) is 7.22. The number of likely N-dealkylation sites (tertiary alicyclic amines) is 1. The van der Waals surface area contributed by atoms with Gasteiger partial charge in [-0.15, -0.1) is 23.2 Å². The van der Waals surface area contributed by atoms with Gasteiger partial charge in [0.25, 0.3) is 0 Å². The lowest BCUT2D eigenvalue weighted by atomic mass is 9.63. The molecule has 3 rings (SSSR count). The molecule has 1 aliphatic heterocycles. The van der Waals surface area contributed by atoms with Gasteiger partial charge in [0.2, 0.25) is 0 Å². The van der Waals surface area contributed by atoms with E-state index in [9.17, 15) is 8.42 Å². The largest absolute Gasteiger partial charge is 0.306 e. The number of hydrogen-bond acceptors (Lipinski definition) is 3. The lowest BCUT2D eigenvalue weighted by Gasteiger charge is -2.51. The van der Waals surface area contributed by atoms with Crippen LogP contribution in [0, 0.1) is 23.7 Å². The van der Waals surface area contributed by atoms with Crippen molar-refractivity contribution in [2.45, 2.75) is 54.5 Å². The molecule has 0 radical (unpaired) electrons. The van der Waals surface area contributed by atoms with Gasteiger partial charge in [-0.3, -0.25) is 0 Å². The number of halogens is 2. The highest BCUT2D eigenvalue weighted by molar-refractivity contribution is 7.91. The zero-order valence-corrected chi connectivity index (χ0v) is 16.5. The smallest absolute Gasteiger partial charge is 0.150 e. The lowest BCUT2D eigenvalue weighted by molar-refractivity contribution is 0.0110. The average molecular weight is 382 g/mol. The van der Waals surface area contributed by atoms with Crippen molar-refractivity contribution >= 4 is 33.0 Å². The SMILES string of the molecule is CN1CC2C(Cl)CC(Cl)CC2C(C2CCCC(S(C)(=O)=O)C2)C1. The van der Waals surface area contributed by atoms with Crippen LogP contribution in [-0.2, 0) is 9.84 Å². The average Bonchev–Trinajstić information content (AvgIpc) is 2.47. The molecule has 7 atom stereocenters. The van der Waals surface area contributed by atoms with Gasteiger partial charge in [-0.1, -0.05) is 12.8 Å². The van der Waals surface area contributed by atoms with E-state index in [-0.39, 0.29) is 16.0 Å². The molecule has 3 nitrogen and oxygen atoms in total. The van der Waals surface area contributed by atoms with Crippen molar-refractivity contribution in [3.8, 4) is 0 Å². The van der Waals surface area contributed by atoms with Gasteiger partial charge >= 0.3 is 0 Å². The Morgan fingerprint density at radius 1 is 0.957 bits per heavy atom. The second kappa shape index (κ2) is 7.01. The normalized spacial score (nSPS) is 46.3. The molecule has 0 aromatic carbocycles. The van der Waals surface area contributed by atoms with E-state index in [4.69, 9.17) is 23.2 Å². The van der Waals surface area contributed by atoms with E-state index in [1.165, 1.54) is 6.26 Å². The third-order valence-electron chi connectivity index (χ3n) is 6.50. The number of fused-ring (bicyclic) bond motifs is 1. The summed E-state index contributed by atoms with van der Waals surface area (Å²) in [6.45, 7) is 2.12. The minimum atomic E-state index is -2.93. The molecule has 3 aliphatic rings. The Morgan fingerprint density at radius 2 is 1.65 bits per heavy atom. The first-order valence-corrected chi connectivity index (χ1v) is 11.7. The van der Waals surface area contributed by atoms with Crippen molar-refractivity contribution in [2.75, 3.05) is 26.4 Å². The van der Waals surface area contributed by atoms with Crippen molar-refractivity contribution in [2.24, 2.45) is 23.7 Å². The van der Waals surface area contributed by atoms with E-state index < -0.39 is 9.84 Å². The van der Waals surface area contributed by atoms with Crippen LogP contribution in [0.15, 0.2) is 0 Å². The second-order valence-electron chi connectivity index (χ2n) is 8.18. The molecule has 7 unspecified atom stereocenters. The first kappa shape index (κ1) is 18.3. The Morgan fingerprint density at radius 3 is 2.35 bits per heavy atom. The summed E-state index contributed by atoms with van der Waals surface area (Å²) in [5.41, 5.74) is 0. The van der Waals surface area contributed by atoms with Crippen LogP contribution in [0.1, 0.15) is 38.5 Å². The van der Waals surface area contributed by atoms with Crippen LogP contribution >= 0.6 is 23.2 Å². The molecule has 0 aromatic heterocycles. The molecule has 0 spiro atoms. The topological polar surface area (TPSA) is 37.4 Å². The van der Waals surface area contributed by atoms with Crippen LogP contribution in [0.3, 0.4) is 0 Å². The van der Waals surface area contributed by atoms with Crippen molar-refractivity contribution in [3.05, 3.63) is 0 Å². The number of alkyl halides is 2. The molecule has 2 saturated carbocycles. The van der Waals surface area contributed by atoms with E-state index in [2.05, 4.69) is 11.9 Å². The number of sulfone groups is 1. The lowest BCUT2D eigenvalue weighted by Crippen LogP contribution is -2.53. The number of rotatable bonds is 2. The Balaban J connectivity index is 1.79. The molecular weight excluding hydrogens is 353 g/mol. The van der Waals surface area contributed by atoms with E-state index in [0.29, 0.717) is 23.7 Å². The summed E-state index contributed by atoms with van der Waals surface area (Å²) in [7, 11) is -0.750. The Kier molecular flexibility index (Phi) is 5.57. The van der Waals surface area contributed by atoms with Crippen molar-refractivity contribution in [1.29, 1.82) is 0 Å². The summed E-state index contributed by atoms with van der Waals surface area (Å²) in [5.74, 6) is 2.12. The highest BCUT2D eigenvalue weighted by atomic mass is 35.5. The molecule has 3 fully saturated rings. The standard InChI is InChI=1S/C17H29Cl2NO2S/c1-20-9-15(11-4-3-5-13(6-11)23(2,21)22)14-7-12(18)8-17(19)16(14)10-20/h11-17H,3-10H2,1-2H3. The van der Waals surface area contributed by atoms with Gasteiger partial charge in [0.1, 0.15) is 9.84 Å². The third kappa shape index (κ3) is 4.02. The maximum absolute atomic E-state index is 12.0. The number of piperidine rings is 1. The van der Waals surface area contributed by atoms with Gasteiger partial charge in [-0.25, -0.2) is 8.42 Å². The molecule has 2 aliphatic carbocycles. The summed E-state index contributed by atoms with van der Waals surface area (Å²) < 4.78 is 24.0. The molecule has 0 aromatic rings. The highest BCUT2D eigenvalue weighted by Crippen LogP contribution is 2.48. The van der Waals surface area contributed by atoms with Crippen LogP contribution in [0.25, 0.3) is 0 Å². The molecule has 0 bridgehead atoms. The Labute approximate surface area is 151 Å². The Bertz CT molecular complexity index is 527. The number of hydrogen-bond donors (Lipinski definition) is 0. The first-order chi connectivity index (χ1) is 10.8. The fourth-order valence-corrected chi connectivity index (χ4v) is 7.55. The van der Waals surface area contributed by atoms with Crippen molar-refractivity contribution in [3.63, 3.8) is 0 Å². The Hall–Kier alpha value is 0.490. The van der Waals surface area contributed by atoms with Crippen LogP contribution in [0.2, 0.25) is 0 Å². The fourth-order valence-electron chi connectivity index (χ4n) is 5.38. The predicted octanol–water partition coefficient (Wildman–Crippen LogP) is 3.39. The van der Waals surface area contributed by atoms with Crippen LogP contribution < -0.4 is 0 Å². The van der Waals surface area contributed by atoms with Crippen molar-refractivity contribution < 1.29 is 8.42 Å². The zero-order valence-electron chi connectivity index (χ0n) is 14.1. The second-order valence-corrected chi connectivity index (χ2v) is 11.7. The fraction of sp³-hybridized carbons (Fsp3) is 1.00. The van der Waals surface area contributed by atoms with E-state index in [0.717, 1.165) is 51.6 Å². The molecule has 0 N–H and O–H groups in total. The van der Waals surface area contributed by atoms with Gasteiger partial charge in [-0.05, 0) is 56.4 Å². The summed E-state index contributed by atoms with van der Waals surface area (Å²) in [5, 5.41) is 0.198. The maximum atomic E-state index is 12.0. The quantitative estimate of drug-likeness (QED) is 0.687. The molecular formula is C17H29Cl2NO2S. The molecule has 134 valence electrons. The van der Waals surface area contributed by atoms with E-state index in [1.807, 2.05) is 0 Å². The van der Waals surface area contributed by atoms with Crippen LogP contribution in [-0.4, -0.2) is 55.7 Å². The highest BCUT2D eigenvalue weighted by Gasteiger charge is 2.47. The van der Waals surface area contributed by atoms with Crippen LogP contribution in [0.5, 0.6) is 0 Å². The van der Waals surface area contributed by atoms with Gasteiger partial charge in [0.05, 0.1) is 5.25 Å². The van der Waals surface area contributed by atoms with E-state index in [1.54, 1.807) is 0 Å². The monoisotopic (exact) mass is 381 g/mol. The molecule has 23 heavy (non-hydrogen) atoms. The summed E-state index contributed by atoms with van der Waals surface area (Å²) >= 11 is 13.1. The summed E-state index contributed by atoms with van der Waals surface area (Å²) in [6, 6.07) is 0. The van der Waals surface area contributed by atoms with Gasteiger partial charge in [0, 0.05) is 30.1 Å². The van der Waals surface area contributed by atoms with Gasteiger partial charge < -0.3 is 4.90 Å². The molecule has 1 heterocycles. The molecule has 6 heteroatoms. The molecule has 1 saturated heterocycles. The van der Waals surface area contributed by atoms with Crippen molar-refractivity contribution in [1.82, 2.24) is 4.90 Å². The number of nitrogens with zero attached hydrogens (tertiary/aromatic N) is 1. The predicted molar refractivity (Wildman–Crippen MR) is 97.1 cm³/mol. The summed E-state index contributed by atoms with van der Waals surface area (Å²) in [4.78, 5) is 2.40. The first-order valence-electron chi connectivity index (χ1n) is 8.91.